The number of benzene rings is 2. The highest BCUT2D eigenvalue weighted by Crippen LogP contribution is 2.44. The van der Waals surface area contributed by atoms with Gasteiger partial charge < -0.3 is 14.9 Å². The molecule has 0 unspecified atom stereocenters. The molecule has 4 rings (SSSR count). The number of amides is 1. The molecule has 0 aromatic heterocycles. The lowest BCUT2D eigenvalue weighted by molar-refractivity contribution is -0.137. The fourth-order valence-corrected chi connectivity index (χ4v) is 4.95. The Morgan fingerprint density at radius 3 is 2.64 bits per heavy atom. The molecular weight excluding hydrogens is 438 g/mol. The van der Waals surface area contributed by atoms with Crippen LogP contribution < -0.4 is 4.90 Å². The largest absolute Gasteiger partial charge is 0.417 e. The molecule has 174 valence electrons. The Labute approximate surface area is 188 Å². The number of nitrogens with zero attached hydrogens (tertiary/aromatic N) is 3. The molecule has 0 spiro atoms. The number of nitriles is 1. The number of likely N-dealkylation sites (tertiary alicyclic amines) is 1. The van der Waals surface area contributed by atoms with E-state index in [-0.39, 0.29) is 37.1 Å². The van der Waals surface area contributed by atoms with Gasteiger partial charge in [-0.1, -0.05) is 6.07 Å². The van der Waals surface area contributed by atoms with Crippen LogP contribution >= 0.6 is 0 Å². The first kappa shape index (κ1) is 23.1. The van der Waals surface area contributed by atoms with Crippen molar-refractivity contribution < 1.29 is 27.5 Å². The Hall–Kier alpha value is -3.12. The summed E-state index contributed by atoms with van der Waals surface area (Å²) in [5.74, 6) is -0.833. The lowest BCUT2D eigenvalue weighted by atomic mass is 9.74. The summed E-state index contributed by atoms with van der Waals surface area (Å²) in [5, 5.41) is 19.3. The Kier molecular flexibility index (Phi) is 5.83. The number of hydrogen-bond donors (Lipinski definition) is 1. The number of carbonyl (C=O) groups is 1. The van der Waals surface area contributed by atoms with E-state index in [2.05, 4.69) is 0 Å². The number of aliphatic hydroxyl groups is 1. The van der Waals surface area contributed by atoms with Gasteiger partial charge in [0.15, 0.2) is 0 Å². The van der Waals surface area contributed by atoms with Gasteiger partial charge in [0.2, 0.25) is 0 Å². The van der Waals surface area contributed by atoms with Crippen molar-refractivity contribution in [2.75, 3.05) is 37.7 Å². The van der Waals surface area contributed by atoms with Crippen molar-refractivity contribution in [3.8, 4) is 6.07 Å². The Balaban J connectivity index is 1.58. The highest BCUT2D eigenvalue weighted by molar-refractivity contribution is 5.94. The van der Waals surface area contributed by atoms with Crippen molar-refractivity contribution in [1.82, 2.24) is 4.90 Å². The Morgan fingerprint density at radius 2 is 2.00 bits per heavy atom. The van der Waals surface area contributed by atoms with Crippen LogP contribution in [0.4, 0.5) is 23.2 Å². The van der Waals surface area contributed by atoms with Gasteiger partial charge in [0, 0.05) is 42.8 Å². The Morgan fingerprint density at radius 1 is 1.24 bits per heavy atom. The average molecular weight is 461 g/mol. The van der Waals surface area contributed by atoms with Crippen LogP contribution in [-0.2, 0) is 6.18 Å². The smallest absolute Gasteiger partial charge is 0.396 e. The number of piperidine rings is 1. The van der Waals surface area contributed by atoms with Gasteiger partial charge in [-0.2, -0.15) is 18.4 Å². The van der Waals surface area contributed by atoms with E-state index >= 15 is 0 Å². The van der Waals surface area contributed by atoms with Crippen molar-refractivity contribution in [3.05, 3.63) is 64.5 Å². The normalized spacial score (nSPS) is 22.8. The summed E-state index contributed by atoms with van der Waals surface area (Å²) in [4.78, 5) is 16.4. The predicted octanol–water partition coefficient (Wildman–Crippen LogP) is 3.99. The number of hydrogen-bond acceptors (Lipinski definition) is 4. The van der Waals surface area contributed by atoms with Crippen LogP contribution in [-0.4, -0.2) is 48.7 Å². The van der Waals surface area contributed by atoms with E-state index in [1.807, 2.05) is 0 Å². The van der Waals surface area contributed by atoms with Crippen LogP contribution in [0, 0.1) is 35.4 Å². The highest BCUT2D eigenvalue weighted by atomic mass is 19.4. The first-order chi connectivity index (χ1) is 15.6. The molecule has 1 amide bonds. The van der Waals surface area contributed by atoms with E-state index in [4.69, 9.17) is 5.26 Å². The molecule has 0 saturated carbocycles. The molecule has 2 aliphatic heterocycles. The van der Waals surface area contributed by atoms with E-state index in [1.165, 1.54) is 12.1 Å². The second kappa shape index (κ2) is 8.34. The molecule has 2 fully saturated rings. The van der Waals surface area contributed by atoms with Gasteiger partial charge in [-0.05, 0) is 55.2 Å². The minimum atomic E-state index is -4.66. The van der Waals surface area contributed by atoms with Gasteiger partial charge in [-0.25, -0.2) is 4.39 Å². The molecule has 2 aliphatic rings. The summed E-state index contributed by atoms with van der Waals surface area (Å²) in [5.41, 5.74) is -1.16. The molecule has 2 aromatic carbocycles. The zero-order chi connectivity index (χ0) is 24.0. The zero-order valence-electron chi connectivity index (χ0n) is 18.0. The van der Waals surface area contributed by atoms with Crippen molar-refractivity contribution in [2.24, 2.45) is 11.3 Å². The SMILES string of the molecule is Cc1ccc(C(=O)N2C[C@H]3CCN(c4ccc(C#N)c(C(F)(F)F)c4)C[C@@]3(CO)C2)cc1F. The maximum absolute atomic E-state index is 14.0. The molecule has 0 aliphatic carbocycles. The number of halogens is 4. The number of aliphatic hydroxyl groups excluding tert-OH is 1. The zero-order valence-corrected chi connectivity index (χ0v) is 18.0. The highest BCUT2D eigenvalue weighted by Gasteiger charge is 2.51. The molecule has 2 saturated heterocycles. The van der Waals surface area contributed by atoms with Gasteiger partial charge in [-0.3, -0.25) is 4.79 Å². The van der Waals surface area contributed by atoms with Crippen molar-refractivity contribution in [3.63, 3.8) is 0 Å². The molecule has 33 heavy (non-hydrogen) atoms. The minimum absolute atomic E-state index is 0.0292. The molecule has 2 aromatic rings. The van der Waals surface area contributed by atoms with Gasteiger partial charge >= 0.3 is 6.18 Å². The topological polar surface area (TPSA) is 67.6 Å². The molecule has 2 atom stereocenters. The third-order valence-electron chi connectivity index (χ3n) is 6.88. The van der Waals surface area contributed by atoms with Crippen molar-refractivity contribution in [2.45, 2.75) is 19.5 Å². The van der Waals surface area contributed by atoms with Gasteiger partial charge in [0.05, 0.1) is 23.8 Å². The van der Waals surface area contributed by atoms with E-state index in [1.54, 1.807) is 34.9 Å². The summed E-state index contributed by atoms with van der Waals surface area (Å²) in [6.45, 7) is 2.71. The second-order valence-corrected chi connectivity index (χ2v) is 8.92. The number of rotatable bonds is 3. The fourth-order valence-electron chi connectivity index (χ4n) is 4.95. The van der Waals surface area contributed by atoms with Gasteiger partial charge in [-0.15, -0.1) is 0 Å². The van der Waals surface area contributed by atoms with E-state index in [9.17, 15) is 27.5 Å². The first-order valence-corrected chi connectivity index (χ1v) is 10.6. The van der Waals surface area contributed by atoms with Crippen LogP contribution in [0.5, 0.6) is 0 Å². The predicted molar refractivity (Wildman–Crippen MR) is 113 cm³/mol. The molecule has 1 N–H and O–H groups in total. The molecule has 2 heterocycles. The Bertz CT molecular complexity index is 1130. The lowest BCUT2D eigenvalue weighted by Crippen LogP contribution is -2.51. The van der Waals surface area contributed by atoms with Crippen molar-refractivity contribution >= 4 is 11.6 Å². The summed E-state index contributed by atoms with van der Waals surface area (Å²) in [7, 11) is 0. The number of fused-ring (bicyclic) bond motifs is 1. The molecule has 0 radical (unpaired) electrons. The average Bonchev–Trinajstić information content (AvgIpc) is 3.19. The van der Waals surface area contributed by atoms with Gasteiger partial charge in [0.25, 0.3) is 5.91 Å². The summed E-state index contributed by atoms with van der Waals surface area (Å²) < 4.78 is 54.2. The van der Waals surface area contributed by atoms with Crippen LogP contribution in [0.2, 0.25) is 0 Å². The van der Waals surface area contributed by atoms with Crippen LogP contribution in [0.3, 0.4) is 0 Å². The minimum Gasteiger partial charge on any atom is -0.396 e. The van der Waals surface area contributed by atoms with Crippen LogP contribution in [0.1, 0.15) is 33.5 Å². The third-order valence-corrected chi connectivity index (χ3v) is 6.88. The number of aryl methyl sites for hydroxylation is 1. The van der Waals surface area contributed by atoms with Crippen LogP contribution in [0.25, 0.3) is 0 Å². The fraction of sp³-hybridized carbons (Fsp3) is 0.417. The first-order valence-electron chi connectivity index (χ1n) is 10.6. The summed E-state index contributed by atoms with van der Waals surface area (Å²) >= 11 is 0. The maximum atomic E-state index is 14.0. The standard InChI is InChI=1S/C24H23F4N3O2/c1-15-2-3-16(8-21(15)25)22(33)31-11-18-6-7-30(12-23(18,13-31)14-32)19-5-4-17(10-29)20(9-19)24(26,27)28/h2-5,8-9,18,32H,6-7,11-14H2,1H3/t18-,23+/m1/s1. The van der Waals surface area contributed by atoms with Crippen LogP contribution in [0.15, 0.2) is 36.4 Å². The monoisotopic (exact) mass is 461 g/mol. The number of alkyl halides is 3. The van der Waals surface area contributed by atoms with E-state index in [0.29, 0.717) is 30.8 Å². The van der Waals surface area contributed by atoms with Gasteiger partial charge in [0.1, 0.15) is 5.82 Å². The molecule has 5 nitrogen and oxygen atoms in total. The maximum Gasteiger partial charge on any atom is 0.417 e. The molecule has 0 bridgehead atoms. The summed E-state index contributed by atoms with van der Waals surface area (Å²) in [6.07, 6.45) is -4.08. The quantitative estimate of drug-likeness (QED) is 0.703. The van der Waals surface area contributed by atoms with Crippen molar-refractivity contribution in [1.29, 1.82) is 5.26 Å². The molecule has 9 heteroatoms. The second-order valence-electron chi connectivity index (χ2n) is 8.92. The lowest BCUT2D eigenvalue weighted by Gasteiger charge is -2.44. The number of anilines is 1. The molecular formula is C24H23F4N3O2. The number of carbonyl (C=O) groups excluding carboxylic acids is 1. The summed E-state index contributed by atoms with van der Waals surface area (Å²) in [6, 6.07) is 9.49. The third kappa shape index (κ3) is 4.15. The van der Waals surface area contributed by atoms with E-state index in [0.717, 1.165) is 12.1 Å². The van der Waals surface area contributed by atoms with E-state index < -0.39 is 28.5 Å².